The first kappa shape index (κ1) is 14.3. The standard InChI is InChI=1S/C14H16ClFO3/c15-12-2-1-3-13(16)11(12)8-19-10-6-4-9(5-7-10)14(17)18/h1-3,9-10H,4-8H2,(H,17,18). The number of carboxylic acid groups (broad SMARTS) is 1. The van der Waals surface area contributed by atoms with Crippen LogP contribution in [0.15, 0.2) is 18.2 Å². The van der Waals surface area contributed by atoms with Crippen LogP contribution in [0, 0.1) is 11.7 Å². The molecule has 0 spiro atoms. The Morgan fingerprint density at radius 1 is 1.37 bits per heavy atom. The second-order valence-corrected chi connectivity index (χ2v) is 5.23. The van der Waals surface area contributed by atoms with E-state index in [1.165, 1.54) is 6.07 Å². The molecule has 1 fully saturated rings. The number of benzene rings is 1. The number of aliphatic carboxylic acids is 1. The minimum Gasteiger partial charge on any atom is -0.481 e. The third-order valence-electron chi connectivity index (χ3n) is 3.55. The molecule has 1 aromatic rings. The van der Waals surface area contributed by atoms with Gasteiger partial charge in [-0.15, -0.1) is 0 Å². The highest BCUT2D eigenvalue weighted by Gasteiger charge is 2.26. The van der Waals surface area contributed by atoms with Crippen molar-refractivity contribution in [1.29, 1.82) is 0 Å². The first-order valence-electron chi connectivity index (χ1n) is 6.35. The summed E-state index contributed by atoms with van der Waals surface area (Å²) in [6.45, 7) is 0.133. The van der Waals surface area contributed by atoms with E-state index in [9.17, 15) is 9.18 Å². The molecule has 0 amide bonds. The number of carbonyl (C=O) groups is 1. The van der Waals surface area contributed by atoms with Gasteiger partial charge in [-0.25, -0.2) is 4.39 Å². The van der Waals surface area contributed by atoms with Crippen LogP contribution in [0.1, 0.15) is 31.2 Å². The molecule has 1 aliphatic rings. The maximum atomic E-state index is 13.5. The zero-order valence-corrected chi connectivity index (χ0v) is 11.2. The van der Waals surface area contributed by atoms with Gasteiger partial charge in [-0.05, 0) is 37.8 Å². The van der Waals surface area contributed by atoms with Crippen LogP contribution in [0.25, 0.3) is 0 Å². The van der Waals surface area contributed by atoms with Crippen molar-refractivity contribution in [1.82, 2.24) is 0 Å². The van der Waals surface area contributed by atoms with Gasteiger partial charge in [0.2, 0.25) is 0 Å². The monoisotopic (exact) mass is 286 g/mol. The summed E-state index contributed by atoms with van der Waals surface area (Å²) in [5.41, 5.74) is 0.365. The van der Waals surface area contributed by atoms with Crippen molar-refractivity contribution in [3.63, 3.8) is 0 Å². The van der Waals surface area contributed by atoms with Gasteiger partial charge in [-0.3, -0.25) is 4.79 Å². The molecule has 3 nitrogen and oxygen atoms in total. The molecule has 19 heavy (non-hydrogen) atoms. The number of rotatable bonds is 4. The average molecular weight is 287 g/mol. The highest BCUT2D eigenvalue weighted by Crippen LogP contribution is 2.28. The number of hydrogen-bond donors (Lipinski definition) is 1. The topological polar surface area (TPSA) is 46.5 Å². The van der Waals surface area contributed by atoms with Crippen molar-refractivity contribution in [2.24, 2.45) is 5.92 Å². The number of carboxylic acids is 1. The third-order valence-corrected chi connectivity index (χ3v) is 3.90. The summed E-state index contributed by atoms with van der Waals surface area (Å²) >= 11 is 5.91. The summed E-state index contributed by atoms with van der Waals surface area (Å²) in [5, 5.41) is 9.26. The molecule has 1 aliphatic carbocycles. The molecule has 0 bridgehead atoms. The maximum absolute atomic E-state index is 13.5. The Hall–Kier alpha value is -1.13. The van der Waals surface area contributed by atoms with Gasteiger partial charge < -0.3 is 9.84 Å². The quantitative estimate of drug-likeness (QED) is 0.919. The molecule has 5 heteroatoms. The van der Waals surface area contributed by atoms with Gasteiger partial charge in [0.1, 0.15) is 5.82 Å². The smallest absolute Gasteiger partial charge is 0.306 e. The Morgan fingerprint density at radius 2 is 2.05 bits per heavy atom. The maximum Gasteiger partial charge on any atom is 0.306 e. The minimum absolute atomic E-state index is 0.00808. The Bertz CT molecular complexity index is 436. The van der Waals surface area contributed by atoms with Gasteiger partial charge in [-0.1, -0.05) is 17.7 Å². The van der Waals surface area contributed by atoms with E-state index in [0.717, 1.165) is 0 Å². The molecule has 2 rings (SSSR count). The van der Waals surface area contributed by atoms with Gasteiger partial charge in [0.05, 0.1) is 18.6 Å². The highest BCUT2D eigenvalue weighted by molar-refractivity contribution is 6.31. The average Bonchev–Trinajstić information content (AvgIpc) is 2.38. The summed E-state index contributed by atoms with van der Waals surface area (Å²) in [4.78, 5) is 10.8. The van der Waals surface area contributed by atoms with Crippen molar-refractivity contribution in [3.05, 3.63) is 34.6 Å². The van der Waals surface area contributed by atoms with E-state index in [4.69, 9.17) is 21.4 Å². The highest BCUT2D eigenvalue weighted by atomic mass is 35.5. The summed E-state index contributed by atoms with van der Waals surface area (Å²) in [6, 6.07) is 4.54. The van der Waals surface area contributed by atoms with Crippen LogP contribution >= 0.6 is 11.6 Å². The molecule has 1 saturated carbocycles. The summed E-state index contributed by atoms with van der Waals surface area (Å²) in [6.07, 6.45) is 2.62. The van der Waals surface area contributed by atoms with Gasteiger partial charge in [0, 0.05) is 10.6 Å². The Labute approximate surface area is 116 Å². The van der Waals surface area contributed by atoms with Gasteiger partial charge in [0.25, 0.3) is 0 Å². The van der Waals surface area contributed by atoms with Crippen LogP contribution in [0.3, 0.4) is 0 Å². The lowest BCUT2D eigenvalue weighted by Crippen LogP contribution is -2.26. The Morgan fingerprint density at radius 3 is 2.63 bits per heavy atom. The van der Waals surface area contributed by atoms with Gasteiger partial charge in [0.15, 0.2) is 0 Å². The molecule has 0 aromatic heterocycles. The fourth-order valence-electron chi connectivity index (χ4n) is 2.35. The van der Waals surface area contributed by atoms with Crippen LogP contribution in [-0.2, 0) is 16.1 Å². The molecule has 0 atom stereocenters. The number of hydrogen-bond acceptors (Lipinski definition) is 2. The molecular weight excluding hydrogens is 271 g/mol. The van der Waals surface area contributed by atoms with Crippen molar-refractivity contribution in [2.45, 2.75) is 38.4 Å². The third kappa shape index (κ3) is 3.67. The molecule has 0 aliphatic heterocycles. The van der Waals surface area contributed by atoms with E-state index in [1.807, 2.05) is 0 Å². The fourth-order valence-corrected chi connectivity index (χ4v) is 2.57. The van der Waals surface area contributed by atoms with Crippen LogP contribution in [0.2, 0.25) is 5.02 Å². The van der Waals surface area contributed by atoms with Crippen LogP contribution in [-0.4, -0.2) is 17.2 Å². The molecular formula is C14H16ClFO3. The van der Waals surface area contributed by atoms with Crippen LogP contribution < -0.4 is 0 Å². The predicted molar refractivity (Wildman–Crippen MR) is 69.6 cm³/mol. The normalized spacial score (nSPS) is 23.3. The first-order valence-corrected chi connectivity index (χ1v) is 6.73. The molecule has 1 N–H and O–H groups in total. The lowest BCUT2D eigenvalue weighted by Gasteiger charge is -2.26. The van der Waals surface area contributed by atoms with E-state index in [2.05, 4.69) is 0 Å². The zero-order valence-electron chi connectivity index (χ0n) is 10.4. The van der Waals surface area contributed by atoms with Crippen LogP contribution in [0.4, 0.5) is 4.39 Å². The molecule has 0 unspecified atom stereocenters. The first-order chi connectivity index (χ1) is 9.08. The summed E-state index contributed by atoms with van der Waals surface area (Å²) in [7, 11) is 0. The van der Waals surface area contributed by atoms with E-state index < -0.39 is 5.97 Å². The van der Waals surface area contributed by atoms with Crippen molar-refractivity contribution < 1.29 is 19.0 Å². The lowest BCUT2D eigenvalue weighted by molar-refractivity contribution is -0.143. The lowest BCUT2D eigenvalue weighted by atomic mass is 9.87. The second kappa shape index (κ2) is 6.35. The van der Waals surface area contributed by atoms with E-state index in [0.29, 0.717) is 36.3 Å². The van der Waals surface area contributed by atoms with Crippen molar-refractivity contribution >= 4 is 17.6 Å². The van der Waals surface area contributed by atoms with Crippen molar-refractivity contribution in [3.8, 4) is 0 Å². The van der Waals surface area contributed by atoms with Gasteiger partial charge >= 0.3 is 5.97 Å². The number of ether oxygens (including phenoxy) is 1. The molecule has 0 heterocycles. The molecule has 0 radical (unpaired) electrons. The summed E-state index contributed by atoms with van der Waals surface area (Å²) in [5.74, 6) is -1.38. The number of halogens is 2. The fraction of sp³-hybridized carbons (Fsp3) is 0.500. The Balaban J connectivity index is 1.86. The van der Waals surface area contributed by atoms with E-state index in [1.54, 1.807) is 12.1 Å². The predicted octanol–water partition coefficient (Wildman–Crippen LogP) is 3.64. The SMILES string of the molecule is O=C(O)C1CCC(OCc2c(F)cccc2Cl)CC1. The minimum atomic E-state index is -0.740. The van der Waals surface area contributed by atoms with Crippen molar-refractivity contribution in [2.75, 3.05) is 0 Å². The molecule has 0 saturated heterocycles. The largest absolute Gasteiger partial charge is 0.481 e. The van der Waals surface area contributed by atoms with E-state index >= 15 is 0 Å². The zero-order chi connectivity index (χ0) is 13.8. The molecule has 1 aromatic carbocycles. The van der Waals surface area contributed by atoms with E-state index in [-0.39, 0.29) is 24.4 Å². The van der Waals surface area contributed by atoms with Gasteiger partial charge in [-0.2, -0.15) is 0 Å². The Kier molecular flexibility index (Phi) is 4.77. The van der Waals surface area contributed by atoms with Crippen LogP contribution in [0.5, 0.6) is 0 Å². The molecule has 104 valence electrons. The second-order valence-electron chi connectivity index (χ2n) is 4.82. The summed E-state index contributed by atoms with van der Waals surface area (Å²) < 4.78 is 19.2.